The van der Waals surface area contributed by atoms with Crippen molar-refractivity contribution in [2.24, 2.45) is 5.73 Å². The molecule has 0 unspecified atom stereocenters. The maximum absolute atomic E-state index is 9.32. The van der Waals surface area contributed by atoms with Crippen molar-refractivity contribution in [3.8, 4) is 0 Å². The van der Waals surface area contributed by atoms with Gasteiger partial charge in [-0.1, -0.05) is 0 Å². The van der Waals surface area contributed by atoms with Crippen LogP contribution >= 0.6 is 15.6 Å². The van der Waals surface area contributed by atoms with Gasteiger partial charge in [-0.05, 0) is 0 Å². The van der Waals surface area contributed by atoms with Crippen LogP contribution in [0, 0.1) is 0 Å². The molecule has 0 aliphatic heterocycles. The van der Waals surface area contributed by atoms with Crippen molar-refractivity contribution in [1.82, 2.24) is 0 Å². The zero-order valence-corrected chi connectivity index (χ0v) is 20.0. The smallest absolute Gasteiger partial charge is 0.790 e. The van der Waals surface area contributed by atoms with Gasteiger partial charge in [-0.3, -0.25) is 0 Å². The maximum atomic E-state index is 9.32. The molecule has 82 valence electrons. The first-order chi connectivity index (χ1) is 5.62. The van der Waals surface area contributed by atoms with Crippen molar-refractivity contribution in [3.63, 3.8) is 0 Å². The minimum atomic E-state index is -5.68. The van der Waals surface area contributed by atoms with Crippen LogP contribution in [0.25, 0.3) is 0 Å². The fourth-order valence-corrected chi connectivity index (χ4v) is 1.10. The van der Waals surface area contributed by atoms with Crippen LogP contribution in [0.2, 0.25) is 0 Å². The molecule has 0 saturated carbocycles. The average molecular weight is 327 g/mol. The van der Waals surface area contributed by atoms with E-state index in [1.54, 1.807) is 0 Å². The summed E-state index contributed by atoms with van der Waals surface area (Å²) in [6, 6.07) is 0. The average Bonchev–Trinajstić information content (AvgIpc) is 1.80. The Morgan fingerprint density at radius 3 is 1.12 bits per heavy atom. The second kappa shape index (κ2) is 20.2. The third-order valence-corrected chi connectivity index (χ3v) is 1.93. The summed E-state index contributed by atoms with van der Waals surface area (Å²) in [5.41, 5.74) is 4.78. The molecular formula is C2H7NNa4O8P2. The van der Waals surface area contributed by atoms with Gasteiger partial charge in [0, 0.05) is 6.54 Å². The van der Waals surface area contributed by atoms with Crippen molar-refractivity contribution >= 4 is 15.6 Å². The van der Waals surface area contributed by atoms with E-state index in [1.165, 1.54) is 0 Å². The van der Waals surface area contributed by atoms with E-state index in [-0.39, 0.29) is 125 Å². The summed E-state index contributed by atoms with van der Waals surface area (Å²) in [5, 5.41) is 7.75. The molecule has 15 heteroatoms. The molecule has 0 heterocycles. The summed E-state index contributed by atoms with van der Waals surface area (Å²) >= 11 is 0. The van der Waals surface area contributed by atoms with E-state index in [2.05, 4.69) is 4.31 Å². The first kappa shape index (κ1) is 37.4. The van der Waals surface area contributed by atoms with E-state index in [1.807, 2.05) is 0 Å². The third-order valence-electron chi connectivity index (χ3n) is 0.329. The SMILES string of the molecule is NCCO.O=P([O-])([O-])OP(=O)([O-])[O-].[Na+].[Na+].[Na+].[Na+]. The summed E-state index contributed by atoms with van der Waals surface area (Å²) in [5.74, 6) is 0. The number of hydrogen-bond donors (Lipinski definition) is 2. The molecule has 0 fully saturated rings. The standard InChI is InChI=1S/C2H7NO.4Na.H4O7P2/c3-1-2-4;;;;;1-8(2,3)7-9(4,5)6/h4H,1-3H2;;;;;(H2,1,2,3)(H2,4,5,6)/q;4*+1;/p-4. The van der Waals surface area contributed by atoms with Crippen molar-refractivity contribution in [1.29, 1.82) is 0 Å². The fourth-order valence-electron chi connectivity index (χ4n) is 0.122. The third kappa shape index (κ3) is 53.4. The molecule has 9 nitrogen and oxygen atoms in total. The zero-order chi connectivity index (χ0) is 11.1. The van der Waals surface area contributed by atoms with Crippen LogP contribution < -0.4 is 144 Å². The van der Waals surface area contributed by atoms with Crippen LogP contribution in [0.4, 0.5) is 0 Å². The Hall–Kier alpha value is 4.18. The number of aliphatic hydroxyl groups excluding tert-OH is 1. The van der Waals surface area contributed by atoms with Gasteiger partial charge in [0.15, 0.2) is 0 Å². The first-order valence-corrected chi connectivity index (χ1v) is 5.61. The Bertz CT molecular complexity index is 196. The van der Waals surface area contributed by atoms with Crippen LogP contribution in [-0.4, -0.2) is 18.3 Å². The molecule has 0 aliphatic carbocycles. The van der Waals surface area contributed by atoms with Gasteiger partial charge in [0.2, 0.25) is 0 Å². The monoisotopic (exact) mass is 327 g/mol. The summed E-state index contributed by atoms with van der Waals surface area (Å²) in [7, 11) is -11.4. The quantitative estimate of drug-likeness (QED) is 0.375. The molecule has 0 aromatic rings. The molecule has 0 aliphatic rings. The minimum absolute atomic E-state index is 0. The van der Waals surface area contributed by atoms with E-state index < -0.39 is 15.6 Å². The Labute approximate surface area is 187 Å². The van der Waals surface area contributed by atoms with Gasteiger partial charge in [0.1, 0.15) is 0 Å². The number of hydrogen-bond acceptors (Lipinski definition) is 9. The summed E-state index contributed by atoms with van der Waals surface area (Å²) < 4.78 is 21.2. The van der Waals surface area contributed by atoms with E-state index in [4.69, 9.17) is 10.8 Å². The van der Waals surface area contributed by atoms with Gasteiger partial charge in [-0.2, -0.15) is 0 Å². The Balaban J connectivity index is -0.0000000338. The molecule has 0 aromatic carbocycles. The Kier molecular flexibility index (Phi) is 44.4. The molecule has 17 heavy (non-hydrogen) atoms. The molecule has 0 rings (SSSR count). The molecule has 0 radical (unpaired) electrons. The minimum Gasteiger partial charge on any atom is -0.790 e. The van der Waals surface area contributed by atoms with Crippen molar-refractivity contribution in [3.05, 3.63) is 0 Å². The first-order valence-electron chi connectivity index (χ1n) is 2.69. The number of aliphatic hydroxyl groups is 1. The summed E-state index contributed by atoms with van der Waals surface area (Å²) in [6.45, 7) is 0.472. The van der Waals surface area contributed by atoms with Crippen molar-refractivity contribution < 1.29 is 156 Å². The number of nitrogens with two attached hydrogens (primary N) is 1. The zero-order valence-electron chi connectivity index (χ0n) is 10.2. The second-order valence-corrected chi connectivity index (χ2v) is 3.93. The molecule has 0 saturated heterocycles. The predicted molar refractivity (Wildman–Crippen MR) is 32.4 cm³/mol. The van der Waals surface area contributed by atoms with E-state index in [0.29, 0.717) is 6.54 Å². The summed E-state index contributed by atoms with van der Waals surface area (Å²) in [6.07, 6.45) is 0. The largest absolute Gasteiger partial charge is 1.00 e. The van der Waals surface area contributed by atoms with Crippen LogP contribution in [0.15, 0.2) is 0 Å². The normalized spacial score (nSPS) is 9.06. The molecular weight excluding hydrogens is 320 g/mol. The van der Waals surface area contributed by atoms with Crippen LogP contribution in [0.1, 0.15) is 0 Å². The van der Waals surface area contributed by atoms with Gasteiger partial charge in [0.25, 0.3) is 0 Å². The van der Waals surface area contributed by atoms with Gasteiger partial charge in [-0.25, -0.2) is 0 Å². The van der Waals surface area contributed by atoms with Crippen LogP contribution in [0.5, 0.6) is 0 Å². The molecule has 0 amide bonds. The maximum Gasteiger partial charge on any atom is 1.00 e. The Morgan fingerprint density at radius 1 is 0.941 bits per heavy atom. The van der Waals surface area contributed by atoms with E-state index in [0.717, 1.165) is 0 Å². The van der Waals surface area contributed by atoms with Gasteiger partial charge < -0.3 is 43.9 Å². The molecule has 0 atom stereocenters. The van der Waals surface area contributed by atoms with Gasteiger partial charge >= 0.3 is 118 Å². The molecule has 0 bridgehead atoms. The van der Waals surface area contributed by atoms with Crippen molar-refractivity contribution in [2.45, 2.75) is 0 Å². The predicted octanol–water partition coefficient (Wildman–Crippen LogP) is -16.4. The number of rotatable bonds is 3. The second-order valence-electron chi connectivity index (χ2n) is 1.49. The Morgan fingerprint density at radius 2 is 1.12 bits per heavy atom. The fraction of sp³-hybridized carbons (Fsp3) is 1.00. The van der Waals surface area contributed by atoms with Gasteiger partial charge in [-0.15, -0.1) is 0 Å². The van der Waals surface area contributed by atoms with Crippen molar-refractivity contribution in [2.75, 3.05) is 13.2 Å². The van der Waals surface area contributed by atoms with Crippen LogP contribution in [0.3, 0.4) is 0 Å². The topological polar surface area (TPSA) is 182 Å². The summed E-state index contributed by atoms with van der Waals surface area (Å²) in [4.78, 5) is 37.3. The molecule has 0 spiro atoms. The molecule has 3 N–H and O–H groups in total. The van der Waals surface area contributed by atoms with Gasteiger partial charge in [0.05, 0.1) is 22.3 Å². The number of phosphoric acid groups is 2. The van der Waals surface area contributed by atoms with Crippen LogP contribution in [-0.2, 0) is 13.4 Å². The van der Waals surface area contributed by atoms with E-state index in [9.17, 15) is 28.7 Å². The molecule has 0 aromatic heterocycles. The van der Waals surface area contributed by atoms with E-state index >= 15 is 0 Å².